The second-order valence-electron chi connectivity index (χ2n) is 8.23. The van der Waals surface area contributed by atoms with Crippen molar-refractivity contribution in [1.82, 2.24) is 15.3 Å². The van der Waals surface area contributed by atoms with E-state index in [0.29, 0.717) is 29.4 Å². The van der Waals surface area contributed by atoms with E-state index in [-0.39, 0.29) is 5.91 Å². The number of nitrogens with zero attached hydrogens (tertiary/aromatic N) is 1. The van der Waals surface area contributed by atoms with Crippen molar-refractivity contribution in [3.63, 3.8) is 0 Å². The molecular formula is C19H24N4O2. The third kappa shape index (κ3) is 2.27. The number of carbonyl (C=O) groups is 1. The van der Waals surface area contributed by atoms with Gasteiger partial charge in [-0.1, -0.05) is 0 Å². The van der Waals surface area contributed by atoms with Crippen molar-refractivity contribution < 1.29 is 9.90 Å². The number of nitrogens with one attached hydrogen (secondary N) is 3. The lowest BCUT2D eigenvalue weighted by Gasteiger charge is -2.58. The molecule has 1 unspecified atom stereocenters. The Morgan fingerprint density at radius 2 is 2.08 bits per heavy atom. The van der Waals surface area contributed by atoms with Crippen LogP contribution in [0, 0.1) is 17.8 Å². The molecule has 6 rings (SSSR count). The molecule has 2 aromatic heterocycles. The maximum absolute atomic E-state index is 12.4. The number of rotatable bonds is 3. The van der Waals surface area contributed by atoms with Gasteiger partial charge in [0.1, 0.15) is 5.65 Å². The minimum atomic E-state index is -0.444. The number of pyridine rings is 1. The van der Waals surface area contributed by atoms with Gasteiger partial charge >= 0.3 is 0 Å². The lowest BCUT2D eigenvalue weighted by molar-refractivity contribution is -0.129. The normalized spacial score (nSPS) is 35.9. The number of aromatic nitrogens is 2. The smallest absolute Gasteiger partial charge is 0.254 e. The first-order valence-corrected chi connectivity index (χ1v) is 9.23. The molecule has 2 heterocycles. The highest BCUT2D eigenvalue weighted by molar-refractivity contribution is 6.06. The molecule has 0 aliphatic heterocycles. The zero-order chi connectivity index (χ0) is 17.2. The number of amides is 1. The van der Waals surface area contributed by atoms with Gasteiger partial charge in [0.05, 0.1) is 16.9 Å². The van der Waals surface area contributed by atoms with Gasteiger partial charge in [0.2, 0.25) is 0 Å². The fourth-order valence-corrected chi connectivity index (χ4v) is 5.85. The predicted octanol–water partition coefficient (Wildman–Crippen LogP) is 2.27. The third-order valence-corrected chi connectivity index (χ3v) is 6.61. The standard InChI is InChI=1S/C19H24N4O2/c1-20-18(24)14-9-22-17-13(2-3-21-17)16(14)23-15-11-4-10-5-12(15)8-19(25,6-10)7-11/h2-3,9-12,15,25H,4-8H2,1H3,(H,20,24)(H2,21,22,23)/t10?,11-,12+,15-,19-. The van der Waals surface area contributed by atoms with E-state index in [2.05, 4.69) is 20.6 Å². The molecule has 4 aliphatic carbocycles. The van der Waals surface area contributed by atoms with Gasteiger partial charge in [-0.2, -0.15) is 0 Å². The second kappa shape index (κ2) is 5.21. The average Bonchev–Trinajstić information content (AvgIpc) is 3.04. The maximum Gasteiger partial charge on any atom is 0.254 e. The van der Waals surface area contributed by atoms with Crippen LogP contribution < -0.4 is 10.6 Å². The van der Waals surface area contributed by atoms with Crippen LogP contribution in [0.2, 0.25) is 0 Å². The summed E-state index contributed by atoms with van der Waals surface area (Å²) in [4.78, 5) is 19.9. The summed E-state index contributed by atoms with van der Waals surface area (Å²) in [5, 5.41) is 18.2. The molecule has 5 atom stereocenters. The Morgan fingerprint density at radius 1 is 1.32 bits per heavy atom. The first-order valence-electron chi connectivity index (χ1n) is 9.23. The Bertz CT molecular complexity index is 829. The summed E-state index contributed by atoms with van der Waals surface area (Å²) >= 11 is 0. The van der Waals surface area contributed by atoms with Crippen molar-refractivity contribution in [2.24, 2.45) is 17.8 Å². The van der Waals surface area contributed by atoms with E-state index >= 15 is 0 Å². The first-order chi connectivity index (χ1) is 12.1. The van der Waals surface area contributed by atoms with Gasteiger partial charge in [-0.25, -0.2) is 4.98 Å². The highest BCUT2D eigenvalue weighted by Gasteiger charge is 2.54. The fourth-order valence-electron chi connectivity index (χ4n) is 5.85. The Morgan fingerprint density at radius 3 is 2.76 bits per heavy atom. The van der Waals surface area contributed by atoms with Gasteiger partial charge in [-0.05, 0) is 55.9 Å². The summed E-state index contributed by atoms with van der Waals surface area (Å²) in [6.07, 6.45) is 8.62. The first kappa shape index (κ1) is 15.2. The number of H-pyrrole nitrogens is 1. The van der Waals surface area contributed by atoms with Crippen LogP contribution in [0.1, 0.15) is 42.5 Å². The van der Waals surface area contributed by atoms with Gasteiger partial charge in [0, 0.05) is 30.9 Å². The number of aromatic amines is 1. The molecule has 2 aromatic rings. The van der Waals surface area contributed by atoms with E-state index in [9.17, 15) is 9.90 Å². The van der Waals surface area contributed by atoms with Gasteiger partial charge in [-0.15, -0.1) is 0 Å². The van der Waals surface area contributed by atoms with Crippen LogP contribution in [-0.4, -0.2) is 39.7 Å². The molecule has 6 heteroatoms. The van der Waals surface area contributed by atoms with E-state index in [1.807, 2.05) is 12.3 Å². The van der Waals surface area contributed by atoms with Crippen LogP contribution in [0.5, 0.6) is 0 Å². The summed E-state index contributed by atoms with van der Waals surface area (Å²) in [6.45, 7) is 0. The zero-order valence-corrected chi connectivity index (χ0v) is 14.4. The summed E-state index contributed by atoms with van der Waals surface area (Å²) in [5.41, 5.74) is 1.80. The van der Waals surface area contributed by atoms with Crippen molar-refractivity contribution >= 4 is 22.6 Å². The van der Waals surface area contributed by atoms with Gasteiger partial charge in [0.15, 0.2) is 0 Å². The van der Waals surface area contributed by atoms with E-state index in [1.165, 1.54) is 12.8 Å². The molecule has 4 bridgehead atoms. The van der Waals surface area contributed by atoms with Crippen LogP contribution in [0.15, 0.2) is 18.5 Å². The van der Waals surface area contributed by atoms with Crippen molar-refractivity contribution in [2.45, 2.75) is 43.7 Å². The van der Waals surface area contributed by atoms with Crippen LogP contribution in [0.3, 0.4) is 0 Å². The largest absolute Gasteiger partial charge is 0.390 e. The minimum absolute atomic E-state index is 0.124. The molecule has 1 amide bonds. The predicted molar refractivity (Wildman–Crippen MR) is 95.4 cm³/mol. The van der Waals surface area contributed by atoms with E-state index in [1.54, 1.807) is 13.2 Å². The molecule has 132 valence electrons. The lowest BCUT2D eigenvalue weighted by Crippen LogP contribution is -2.59. The molecule has 0 aromatic carbocycles. The Labute approximate surface area is 146 Å². The number of hydrogen-bond acceptors (Lipinski definition) is 4. The molecule has 25 heavy (non-hydrogen) atoms. The quantitative estimate of drug-likeness (QED) is 0.690. The Hall–Kier alpha value is -2.08. The van der Waals surface area contributed by atoms with E-state index in [4.69, 9.17) is 0 Å². The summed E-state index contributed by atoms with van der Waals surface area (Å²) in [5.74, 6) is 1.51. The number of fused-ring (bicyclic) bond motifs is 1. The Kier molecular flexibility index (Phi) is 3.17. The number of carbonyl (C=O) groups excluding carboxylic acids is 1. The van der Waals surface area contributed by atoms with E-state index in [0.717, 1.165) is 36.0 Å². The molecule has 4 aliphatic rings. The van der Waals surface area contributed by atoms with Gasteiger partial charge < -0.3 is 20.7 Å². The molecule has 4 saturated carbocycles. The Balaban J connectivity index is 1.54. The average molecular weight is 340 g/mol. The van der Waals surface area contributed by atoms with Crippen molar-refractivity contribution in [2.75, 3.05) is 12.4 Å². The number of anilines is 1. The highest BCUT2D eigenvalue weighted by atomic mass is 16.3. The molecule has 4 N–H and O–H groups in total. The minimum Gasteiger partial charge on any atom is -0.390 e. The topological polar surface area (TPSA) is 90.0 Å². The lowest BCUT2D eigenvalue weighted by atomic mass is 9.52. The summed E-state index contributed by atoms with van der Waals surface area (Å²) in [6, 6.07) is 2.29. The van der Waals surface area contributed by atoms with Crippen molar-refractivity contribution in [3.05, 3.63) is 24.0 Å². The van der Waals surface area contributed by atoms with Crippen molar-refractivity contribution in [3.8, 4) is 0 Å². The van der Waals surface area contributed by atoms with Crippen LogP contribution in [0.25, 0.3) is 11.0 Å². The molecule has 0 radical (unpaired) electrons. The number of hydrogen-bond donors (Lipinski definition) is 4. The number of aliphatic hydroxyl groups is 1. The molecule has 4 fully saturated rings. The summed E-state index contributed by atoms with van der Waals surface area (Å²) < 4.78 is 0. The maximum atomic E-state index is 12.4. The monoisotopic (exact) mass is 340 g/mol. The van der Waals surface area contributed by atoms with Crippen LogP contribution >= 0.6 is 0 Å². The van der Waals surface area contributed by atoms with Gasteiger partial charge in [0.25, 0.3) is 5.91 Å². The van der Waals surface area contributed by atoms with Crippen LogP contribution in [-0.2, 0) is 0 Å². The SMILES string of the molecule is CNC(=O)c1cnc2[nH]ccc2c1N[C@@H]1[C@@H]2CC3C[C@H]1C[C@@](O)(C3)C2. The van der Waals surface area contributed by atoms with E-state index < -0.39 is 5.60 Å². The molecule has 0 spiro atoms. The van der Waals surface area contributed by atoms with Crippen molar-refractivity contribution in [1.29, 1.82) is 0 Å². The summed E-state index contributed by atoms with van der Waals surface area (Å²) in [7, 11) is 1.64. The second-order valence-corrected chi connectivity index (χ2v) is 8.23. The fraction of sp³-hybridized carbons (Fsp3) is 0.579. The van der Waals surface area contributed by atoms with Crippen LogP contribution in [0.4, 0.5) is 5.69 Å². The molecule has 6 nitrogen and oxygen atoms in total. The molecule has 0 saturated heterocycles. The van der Waals surface area contributed by atoms with Gasteiger partial charge in [-0.3, -0.25) is 4.79 Å². The third-order valence-electron chi connectivity index (χ3n) is 6.61. The zero-order valence-electron chi connectivity index (χ0n) is 14.4. The molecular weight excluding hydrogens is 316 g/mol. The highest BCUT2D eigenvalue weighted by Crippen LogP contribution is 2.56.